The maximum atomic E-state index is 12.9. The Morgan fingerprint density at radius 1 is 1.10 bits per heavy atom. The van der Waals surface area contributed by atoms with Crippen LogP contribution in [0.25, 0.3) is 0 Å². The number of rotatable bonds is 3. The first kappa shape index (κ1) is 15.3. The fourth-order valence-electron chi connectivity index (χ4n) is 2.86. The Labute approximate surface area is 122 Å². The average molecular weight is 293 g/mol. The minimum atomic E-state index is -3.44. The summed E-state index contributed by atoms with van der Waals surface area (Å²) in [6.45, 7) is 8.02. The Morgan fingerprint density at radius 3 is 2.25 bits per heavy atom. The molecule has 0 radical (unpaired) electrons. The van der Waals surface area contributed by atoms with Crippen molar-refractivity contribution in [1.82, 2.24) is 4.31 Å². The maximum Gasteiger partial charge on any atom is 0.243 e. The van der Waals surface area contributed by atoms with E-state index in [9.17, 15) is 8.42 Å². The zero-order valence-electron chi connectivity index (χ0n) is 12.6. The molecule has 0 unspecified atom stereocenters. The third-order valence-electron chi connectivity index (χ3n) is 4.04. The molecule has 110 valence electrons. The van der Waals surface area contributed by atoms with E-state index in [0.717, 1.165) is 12.0 Å². The van der Waals surface area contributed by atoms with E-state index in [1.165, 1.54) is 0 Å². The zero-order valence-corrected chi connectivity index (χ0v) is 13.4. The number of benzene rings is 1. The molecule has 0 aliphatic carbocycles. The summed E-state index contributed by atoms with van der Waals surface area (Å²) in [5.74, 6) is 0.247. The quantitative estimate of drug-likeness (QED) is 0.801. The fraction of sp³-hybridized carbons (Fsp3) is 0.500. The van der Waals surface area contributed by atoms with Crippen LogP contribution in [0.15, 0.2) is 41.3 Å². The molecule has 3 nitrogen and oxygen atoms in total. The highest BCUT2D eigenvalue weighted by Crippen LogP contribution is 2.30. The van der Waals surface area contributed by atoms with Crippen LogP contribution in [0.3, 0.4) is 0 Å². The lowest BCUT2D eigenvalue weighted by Gasteiger charge is -2.39. The Morgan fingerprint density at radius 2 is 1.70 bits per heavy atom. The standard InChI is InChI=1S/C16H23NO2S/c1-5-16-13(3)8-9-14(4)17(16)20(18,19)15-10-6-12(2)7-11-15/h6-11,13-14,16H,5H2,1-4H3/t13-,14+,16-/m0/s1. The van der Waals surface area contributed by atoms with Gasteiger partial charge in [0.1, 0.15) is 0 Å². The van der Waals surface area contributed by atoms with Crippen molar-refractivity contribution in [3.63, 3.8) is 0 Å². The molecule has 2 rings (SSSR count). The van der Waals surface area contributed by atoms with E-state index in [-0.39, 0.29) is 18.0 Å². The van der Waals surface area contributed by atoms with Gasteiger partial charge in [-0.25, -0.2) is 8.42 Å². The predicted molar refractivity (Wildman–Crippen MR) is 82.0 cm³/mol. The topological polar surface area (TPSA) is 37.4 Å². The lowest BCUT2D eigenvalue weighted by atomic mass is 9.94. The monoisotopic (exact) mass is 293 g/mol. The molecular weight excluding hydrogens is 270 g/mol. The van der Waals surface area contributed by atoms with Crippen LogP contribution in [0.4, 0.5) is 0 Å². The lowest BCUT2D eigenvalue weighted by molar-refractivity contribution is 0.228. The second-order valence-corrected chi connectivity index (χ2v) is 7.45. The molecule has 20 heavy (non-hydrogen) atoms. The van der Waals surface area contributed by atoms with Crippen molar-refractivity contribution in [1.29, 1.82) is 0 Å². The largest absolute Gasteiger partial charge is 0.243 e. The second-order valence-electron chi connectivity index (χ2n) is 5.61. The van der Waals surface area contributed by atoms with Crippen molar-refractivity contribution in [3.05, 3.63) is 42.0 Å². The summed E-state index contributed by atoms with van der Waals surface area (Å²) < 4.78 is 27.5. The van der Waals surface area contributed by atoms with Crippen LogP contribution in [-0.4, -0.2) is 24.8 Å². The molecule has 0 aromatic heterocycles. The van der Waals surface area contributed by atoms with Gasteiger partial charge in [0.05, 0.1) is 4.90 Å². The highest BCUT2D eigenvalue weighted by atomic mass is 32.2. The third kappa shape index (κ3) is 2.67. The highest BCUT2D eigenvalue weighted by molar-refractivity contribution is 7.89. The Bertz CT molecular complexity index is 589. The summed E-state index contributed by atoms with van der Waals surface area (Å²) in [6.07, 6.45) is 4.93. The van der Waals surface area contributed by atoms with Crippen molar-refractivity contribution in [2.24, 2.45) is 5.92 Å². The van der Waals surface area contributed by atoms with E-state index in [2.05, 4.69) is 13.0 Å². The molecule has 4 heteroatoms. The van der Waals surface area contributed by atoms with Gasteiger partial charge in [-0.1, -0.05) is 43.7 Å². The fourth-order valence-corrected chi connectivity index (χ4v) is 4.79. The molecule has 0 amide bonds. The molecule has 0 saturated carbocycles. The molecule has 1 aromatic carbocycles. The van der Waals surface area contributed by atoms with Crippen LogP contribution in [0.2, 0.25) is 0 Å². The van der Waals surface area contributed by atoms with Crippen LogP contribution < -0.4 is 0 Å². The van der Waals surface area contributed by atoms with Crippen LogP contribution in [0.5, 0.6) is 0 Å². The minimum absolute atomic E-state index is 0.0290. The molecule has 1 aromatic rings. The summed E-state index contributed by atoms with van der Waals surface area (Å²) in [5, 5.41) is 0. The second kappa shape index (κ2) is 5.70. The Hall–Kier alpha value is -1.13. The number of sulfonamides is 1. The van der Waals surface area contributed by atoms with E-state index in [4.69, 9.17) is 0 Å². The number of aryl methyl sites for hydroxylation is 1. The molecule has 1 aliphatic rings. The zero-order chi connectivity index (χ0) is 14.9. The van der Waals surface area contributed by atoms with Gasteiger partial charge in [0, 0.05) is 12.1 Å². The lowest BCUT2D eigenvalue weighted by Crippen LogP contribution is -2.49. The molecule has 0 bridgehead atoms. The predicted octanol–water partition coefficient (Wildman–Crippen LogP) is 3.36. The van der Waals surface area contributed by atoms with Crippen molar-refractivity contribution in [2.45, 2.75) is 51.1 Å². The molecule has 0 spiro atoms. The highest BCUT2D eigenvalue weighted by Gasteiger charge is 2.37. The van der Waals surface area contributed by atoms with Crippen LogP contribution in [0, 0.1) is 12.8 Å². The van der Waals surface area contributed by atoms with Gasteiger partial charge in [0.15, 0.2) is 0 Å². The summed E-state index contributed by atoms with van der Waals surface area (Å²) >= 11 is 0. The van der Waals surface area contributed by atoms with Crippen molar-refractivity contribution in [3.8, 4) is 0 Å². The number of hydrogen-bond acceptors (Lipinski definition) is 2. The Balaban J connectivity index is 2.46. The molecule has 0 saturated heterocycles. The van der Waals surface area contributed by atoms with Gasteiger partial charge in [0.25, 0.3) is 0 Å². The van der Waals surface area contributed by atoms with Gasteiger partial charge in [-0.2, -0.15) is 4.31 Å². The molecule has 1 heterocycles. The van der Waals surface area contributed by atoms with Crippen LogP contribution in [-0.2, 0) is 10.0 Å². The van der Waals surface area contributed by atoms with E-state index in [1.807, 2.05) is 39.0 Å². The van der Waals surface area contributed by atoms with E-state index in [1.54, 1.807) is 16.4 Å². The first-order chi connectivity index (χ1) is 9.37. The Kier molecular flexibility index (Phi) is 4.35. The van der Waals surface area contributed by atoms with Gasteiger partial charge in [-0.05, 0) is 38.3 Å². The van der Waals surface area contributed by atoms with E-state index in [0.29, 0.717) is 4.90 Å². The van der Waals surface area contributed by atoms with Gasteiger partial charge in [-0.3, -0.25) is 0 Å². The van der Waals surface area contributed by atoms with Crippen molar-refractivity contribution in [2.75, 3.05) is 0 Å². The number of nitrogens with zero attached hydrogens (tertiary/aromatic N) is 1. The smallest absolute Gasteiger partial charge is 0.207 e. The molecule has 0 fully saturated rings. The minimum Gasteiger partial charge on any atom is -0.207 e. The first-order valence-corrected chi connectivity index (χ1v) is 8.60. The average Bonchev–Trinajstić information content (AvgIpc) is 2.41. The van der Waals surface area contributed by atoms with Crippen LogP contribution >= 0.6 is 0 Å². The SMILES string of the molecule is CC[C@H]1[C@@H](C)C=C[C@@H](C)N1S(=O)(=O)c1ccc(C)cc1. The van der Waals surface area contributed by atoms with E-state index >= 15 is 0 Å². The number of hydrogen-bond donors (Lipinski definition) is 0. The molecule has 0 N–H and O–H groups in total. The molecule has 1 aliphatic heterocycles. The summed E-state index contributed by atoms with van der Waals surface area (Å²) in [6, 6.07) is 7.03. The van der Waals surface area contributed by atoms with Gasteiger partial charge in [-0.15, -0.1) is 0 Å². The summed E-state index contributed by atoms with van der Waals surface area (Å²) in [4.78, 5) is 0.385. The normalized spacial score (nSPS) is 27.7. The third-order valence-corrected chi connectivity index (χ3v) is 6.07. The van der Waals surface area contributed by atoms with Crippen LogP contribution in [0.1, 0.15) is 32.8 Å². The van der Waals surface area contributed by atoms with Crippen molar-refractivity contribution >= 4 is 10.0 Å². The summed E-state index contributed by atoms with van der Waals surface area (Å²) in [5.41, 5.74) is 1.07. The maximum absolute atomic E-state index is 12.9. The van der Waals surface area contributed by atoms with Gasteiger partial charge in [0.2, 0.25) is 10.0 Å². The molecular formula is C16H23NO2S. The summed E-state index contributed by atoms with van der Waals surface area (Å²) in [7, 11) is -3.44. The van der Waals surface area contributed by atoms with Gasteiger partial charge >= 0.3 is 0 Å². The van der Waals surface area contributed by atoms with Gasteiger partial charge < -0.3 is 0 Å². The first-order valence-electron chi connectivity index (χ1n) is 7.16. The van der Waals surface area contributed by atoms with Crippen molar-refractivity contribution < 1.29 is 8.42 Å². The van der Waals surface area contributed by atoms with E-state index < -0.39 is 10.0 Å². The molecule has 3 atom stereocenters.